The number of anilines is 2. The summed E-state index contributed by atoms with van der Waals surface area (Å²) in [5.74, 6) is -1.13. The van der Waals surface area contributed by atoms with Crippen LogP contribution in [0.5, 0.6) is 5.75 Å². The molecule has 0 unspecified atom stereocenters. The molecule has 0 bridgehead atoms. The first-order chi connectivity index (χ1) is 11.0. The highest BCUT2D eigenvalue weighted by molar-refractivity contribution is 5.95. The highest BCUT2D eigenvalue weighted by Gasteiger charge is 2.12. The fraction of sp³-hybridized carbons (Fsp3) is 0.188. The third kappa shape index (κ3) is 4.91. The molecule has 0 saturated heterocycles. The van der Waals surface area contributed by atoms with E-state index in [-0.39, 0.29) is 23.7 Å². The zero-order chi connectivity index (χ0) is 16.8. The van der Waals surface area contributed by atoms with Crippen LogP contribution in [0.25, 0.3) is 0 Å². The maximum Gasteiger partial charge on any atom is 0.387 e. The second kappa shape index (κ2) is 7.53. The van der Waals surface area contributed by atoms with E-state index in [0.717, 1.165) is 5.56 Å². The molecule has 0 saturated carbocycles. The molecule has 0 atom stereocenters. The summed E-state index contributed by atoms with van der Waals surface area (Å²) in [4.78, 5) is 11.9. The van der Waals surface area contributed by atoms with Crippen molar-refractivity contribution >= 4 is 17.3 Å². The summed E-state index contributed by atoms with van der Waals surface area (Å²) >= 11 is 0. The predicted octanol–water partition coefficient (Wildman–Crippen LogP) is 3.79. The molecule has 2 aromatic carbocycles. The Kier molecular flexibility index (Phi) is 5.46. The molecule has 2 N–H and O–H groups in total. The summed E-state index contributed by atoms with van der Waals surface area (Å²) in [6, 6.07) is 10.4. The lowest BCUT2D eigenvalue weighted by molar-refractivity contribution is -0.114. The number of amides is 1. The average molecular weight is 324 g/mol. The molecule has 7 heteroatoms. The lowest BCUT2D eigenvalue weighted by Crippen LogP contribution is -2.22. The lowest BCUT2D eigenvalue weighted by atomic mass is 10.2. The van der Waals surface area contributed by atoms with Gasteiger partial charge in [0, 0.05) is 0 Å². The normalized spacial score (nSPS) is 10.5. The third-order valence-corrected chi connectivity index (χ3v) is 2.94. The molecular weight excluding hydrogens is 309 g/mol. The lowest BCUT2D eigenvalue weighted by Gasteiger charge is -2.12. The first-order valence-electron chi connectivity index (χ1n) is 6.79. The topological polar surface area (TPSA) is 50.4 Å². The predicted molar refractivity (Wildman–Crippen MR) is 81.3 cm³/mol. The van der Waals surface area contributed by atoms with E-state index in [4.69, 9.17) is 0 Å². The molecular formula is C16H15F3N2O2. The van der Waals surface area contributed by atoms with Crippen LogP contribution >= 0.6 is 0 Å². The Labute approximate surface area is 131 Å². The number of alkyl halides is 2. The molecule has 2 rings (SSSR count). The zero-order valence-electron chi connectivity index (χ0n) is 12.3. The van der Waals surface area contributed by atoms with Gasteiger partial charge in [-0.3, -0.25) is 4.79 Å². The molecule has 23 heavy (non-hydrogen) atoms. The Balaban J connectivity index is 1.97. The van der Waals surface area contributed by atoms with Gasteiger partial charge in [0.1, 0.15) is 11.6 Å². The van der Waals surface area contributed by atoms with Crippen LogP contribution in [0.15, 0.2) is 42.5 Å². The fourth-order valence-electron chi connectivity index (χ4n) is 1.90. The van der Waals surface area contributed by atoms with E-state index in [0.29, 0.717) is 0 Å². The van der Waals surface area contributed by atoms with Gasteiger partial charge >= 0.3 is 6.61 Å². The van der Waals surface area contributed by atoms with Gasteiger partial charge in [-0.15, -0.1) is 0 Å². The maximum atomic E-state index is 13.6. The van der Waals surface area contributed by atoms with Crippen LogP contribution < -0.4 is 15.4 Å². The summed E-state index contributed by atoms with van der Waals surface area (Å²) in [5, 5.41) is 5.08. The molecule has 0 aliphatic rings. The first kappa shape index (κ1) is 16.7. The quantitative estimate of drug-likeness (QED) is 0.850. The minimum atomic E-state index is -2.99. The van der Waals surface area contributed by atoms with Crippen LogP contribution in [0.2, 0.25) is 0 Å². The van der Waals surface area contributed by atoms with E-state index in [1.54, 1.807) is 19.1 Å². The SMILES string of the molecule is Cc1ccc(NCC(=O)Nc2ccccc2OC(F)F)c(F)c1. The number of hydrogen-bond acceptors (Lipinski definition) is 3. The molecule has 0 radical (unpaired) electrons. The first-order valence-corrected chi connectivity index (χ1v) is 6.79. The number of ether oxygens (including phenoxy) is 1. The van der Waals surface area contributed by atoms with E-state index in [2.05, 4.69) is 15.4 Å². The third-order valence-electron chi connectivity index (χ3n) is 2.94. The number of carbonyl (C=O) groups excluding carboxylic acids is 1. The Morgan fingerprint density at radius 1 is 1.17 bits per heavy atom. The van der Waals surface area contributed by atoms with E-state index >= 15 is 0 Å². The van der Waals surface area contributed by atoms with Crippen molar-refractivity contribution in [1.82, 2.24) is 0 Å². The van der Waals surface area contributed by atoms with E-state index in [1.165, 1.54) is 30.3 Å². The molecule has 0 aliphatic heterocycles. The second-order valence-electron chi connectivity index (χ2n) is 4.76. The van der Waals surface area contributed by atoms with Crippen molar-refractivity contribution in [3.05, 3.63) is 53.8 Å². The van der Waals surface area contributed by atoms with Crippen LogP contribution in [0.1, 0.15) is 5.56 Å². The standard InChI is InChI=1S/C16H15F3N2O2/c1-10-6-7-12(11(17)8-10)20-9-15(22)21-13-4-2-3-5-14(13)23-16(18)19/h2-8,16,20H,9H2,1H3,(H,21,22). The van der Waals surface area contributed by atoms with Gasteiger partial charge in [0.2, 0.25) is 5.91 Å². The van der Waals surface area contributed by atoms with Crippen molar-refractivity contribution in [3.63, 3.8) is 0 Å². The molecule has 0 fully saturated rings. The summed E-state index contributed by atoms with van der Waals surface area (Å²) in [7, 11) is 0. The molecule has 1 amide bonds. The zero-order valence-corrected chi connectivity index (χ0v) is 12.3. The van der Waals surface area contributed by atoms with E-state index in [9.17, 15) is 18.0 Å². The van der Waals surface area contributed by atoms with Gasteiger partial charge < -0.3 is 15.4 Å². The summed E-state index contributed by atoms with van der Waals surface area (Å²) < 4.78 is 42.5. The molecule has 0 spiro atoms. The van der Waals surface area contributed by atoms with Crippen LogP contribution in [-0.2, 0) is 4.79 Å². The monoisotopic (exact) mass is 324 g/mol. The fourth-order valence-corrected chi connectivity index (χ4v) is 1.90. The Hall–Kier alpha value is -2.70. The minimum absolute atomic E-state index is 0.115. The van der Waals surface area contributed by atoms with Crippen LogP contribution in [0.4, 0.5) is 24.5 Å². The molecule has 4 nitrogen and oxygen atoms in total. The summed E-state index contributed by atoms with van der Waals surface area (Å²) in [6.45, 7) is -1.46. The van der Waals surface area contributed by atoms with Gasteiger partial charge in [-0.2, -0.15) is 8.78 Å². The Morgan fingerprint density at radius 3 is 2.61 bits per heavy atom. The minimum Gasteiger partial charge on any atom is -0.433 e. The van der Waals surface area contributed by atoms with Crippen LogP contribution in [-0.4, -0.2) is 19.1 Å². The van der Waals surface area contributed by atoms with Gasteiger partial charge in [-0.25, -0.2) is 4.39 Å². The van der Waals surface area contributed by atoms with Gasteiger partial charge in [0.05, 0.1) is 17.9 Å². The van der Waals surface area contributed by atoms with Crippen molar-refractivity contribution in [2.75, 3.05) is 17.2 Å². The second-order valence-corrected chi connectivity index (χ2v) is 4.76. The number of rotatable bonds is 6. The summed E-state index contributed by atoms with van der Waals surface area (Å²) in [5.41, 5.74) is 1.06. The average Bonchev–Trinajstić information content (AvgIpc) is 2.48. The highest BCUT2D eigenvalue weighted by atomic mass is 19.3. The molecule has 0 aromatic heterocycles. The smallest absolute Gasteiger partial charge is 0.387 e. The number of halogens is 3. The number of aryl methyl sites for hydroxylation is 1. The molecule has 2 aromatic rings. The van der Waals surface area contributed by atoms with E-state index in [1.807, 2.05) is 0 Å². The van der Waals surface area contributed by atoms with Gasteiger partial charge in [0.25, 0.3) is 0 Å². The van der Waals surface area contributed by atoms with Gasteiger partial charge in [0.15, 0.2) is 0 Å². The number of para-hydroxylation sites is 2. The van der Waals surface area contributed by atoms with Gasteiger partial charge in [-0.05, 0) is 36.8 Å². The summed E-state index contributed by atoms with van der Waals surface area (Å²) in [6.07, 6.45) is 0. The van der Waals surface area contributed by atoms with Crippen molar-refractivity contribution in [1.29, 1.82) is 0 Å². The highest BCUT2D eigenvalue weighted by Crippen LogP contribution is 2.25. The number of nitrogens with one attached hydrogen (secondary N) is 2. The van der Waals surface area contributed by atoms with Crippen molar-refractivity contribution in [2.24, 2.45) is 0 Å². The number of benzene rings is 2. The van der Waals surface area contributed by atoms with Crippen molar-refractivity contribution in [3.8, 4) is 5.75 Å². The van der Waals surface area contributed by atoms with Crippen molar-refractivity contribution < 1.29 is 22.7 Å². The van der Waals surface area contributed by atoms with Crippen LogP contribution in [0.3, 0.4) is 0 Å². The molecule has 0 heterocycles. The molecule has 0 aliphatic carbocycles. The number of hydrogen-bond donors (Lipinski definition) is 2. The van der Waals surface area contributed by atoms with Gasteiger partial charge in [-0.1, -0.05) is 18.2 Å². The largest absolute Gasteiger partial charge is 0.433 e. The Morgan fingerprint density at radius 2 is 1.91 bits per heavy atom. The maximum absolute atomic E-state index is 13.6. The molecule has 122 valence electrons. The van der Waals surface area contributed by atoms with E-state index < -0.39 is 18.3 Å². The Bertz CT molecular complexity index is 693. The number of carbonyl (C=O) groups is 1. The van der Waals surface area contributed by atoms with Crippen LogP contribution in [0, 0.1) is 12.7 Å². The van der Waals surface area contributed by atoms with Crippen molar-refractivity contribution in [2.45, 2.75) is 13.5 Å².